The quantitative estimate of drug-likeness (QED) is 0.661. The maximum atomic E-state index is 13.1. The van der Waals surface area contributed by atoms with Crippen LogP contribution < -0.4 is 5.32 Å². The minimum atomic E-state index is -1.09. The number of halogens is 1. The molecule has 2 fully saturated rings. The van der Waals surface area contributed by atoms with Crippen molar-refractivity contribution in [2.24, 2.45) is 0 Å². The van der Waals surface area contributed by atoms with Crippen LogP contribution in [0.3, 0.4) is 0 Å². The van der Waals surface area contributed by atoms with E-state index in [-0.39, 0.29) is 19.2 Å². The van der Waals surface area contributed by atoms with E-state index in [1.165, 1.54) is 0 Å². The average molecular weight is 218 g/mol. The minimum Gasteiger partial charge on any atom is -0.378 e. The Morgan fingerprint density at radius 2 is 2.00 bits per heavy atom. The lowest BCUT2D eigenvalue weighted by Crippen LogP contribution is -2.51. The Bertz CT molecular complexity index is 233. The number of hydrogen-bond donors (Lipinski definition) is 1. The average Bonchev–Trinajstić information content (AvgIpc) is 2.66. The Balaban J connectivity index is 1.80. The van der Waals surface area contributed by atoms with Crippen molar-refractivity contribution in [2.45, 2.75) is 12.2 Å². The van der Waals surface area contributed by atoms with Gasteiger partial charge in [-0.05, 0) is 0 Å². The number of nitrogens with zero attached hydrogens (tertiary/aromatic N) is 1. The number of carbonyl (C=O) groups excluding carboxylic acids is 1. The fourth-order valence-corrected chi connectivity index (χ4v) is 1.68. The Morgan fingerprint density at radius 1 is 1.27 bits per heavy atom. The Morgan fingerprint density at radius 3 is 2.60 bits per heavy atom. The number of nitrogens with one attached hydrogen (secondary N) is 1. The molecular formula is C9H15FN2O3. The van der Waals surface area contributed by atoms with Gasteiger partial charge < -0.3 is 19.7 Å². The highest BCUT2D eigenvalue weighted by Gasteiger charge is 2.30. The number of hydrogen-bond acceptors (Lipinski definition) is 3. The maximum Gasteiger partial charge on any atom is 0.317 e. The zero-order chi connectivity index (χ0) is 10.7. The van der Waals surface area contributed by atoms with E-state index < -0.39 is 12.2 Å². The van der Waals surface area contributed by atoms with Crippen LogP contribution in [0.15, 0.2) is 0 Å². The number of amides is 2. The van der Waals surface area contributed by atoms with Crippen molar-refractivity contribution in [3.05, 3.63) is 0 Å². The SMILES string of the molecule is O=C(NC1COCC1F)N1CCOCC1. The van der Waals surface area contributed by atoms with Crippen LogP contribution in [0.25, 0.3) is 0 Å². The van der Waals surface area contributed by atoms with Crippen molar-refractivity contribution in [3.8, 4) is 0 Å². The summed E-state index contributed by atoms with van der Waals surface area (Å²) in [5.41, 5.74) is 0. The molecule has 0 aromatic heterocycles. The second-order valence-electron chi connectivity index (χ2n) is 3.71. The third-order valence-corrected chi connectivity index (χ3v) is 2.62. The molecule has 15 heavy (non-hydrogen) atoms. The lowest BCUT2D eigenvalue weighted by atomic mass is 10.2. The van der Waals surface area contributed by atoms with Crippen LogP contribution in [0.1, 0.15) is 0 Å². The Labute approximate surface area is 87.5 Å². The molecule has 5 nitrogen and oxygen atoms in total. The van der Waals surface area contributed by atoms with Gasteiger partial charge in [-0.1, -0.05) is 0 Å². The summed E-state index contributed by atoms with van der Waals surface area (Å²) < 4.78 is 23.2. The lowest BCUT2D eigenvalue weighted by molar-refractivity contribution is 0.0519. The van der Waals surface area contributed by atoms with E-state index in [2.05, 4.69) is 5.32 Å². The number of alkyl halides is 1. The summed E-state index contributed by atoms with van der Waals surface area (Å²) in [4.78, 5) is 13.3. The number of ether oxygens (including phenoxy) is 2. The molecule has 0 bridgehead atoms. The Hall–Kier alpha value is -0.880. The smallest absolute Gasteiger partial charge is 0.317 e. The predicted molar refractivity (Wildman–Crippen MR) is 50.4 cm³/mol. The van der Waals surface area contributed by atoms with Crippen molar-refractivity contribution in [1.82, 2.24) is 10.2 Å². The van der Waals surface area contributed by atoms with Crippen LogP contribution >= 0.6 is 0 Å². The monoisotopic (exact) mass is 218 g/mol. The molecule has 0 aliphatic carbocycles. The third kappa shape index (κ3) is 2.57. The first-order valence-corrected chi connectivity index (χ1v) is 5.12. The van der Waals surface area contributed by atoms with Gasteiger partial charge in [0.25, 0.3) is 0 Å². The van der Waals surface area contributed by atoms with E-state index in [4.69, 9.17) is 9.47 Å². The fraction of sp³-hybridized carbons (Fsp3) is 0.889. The molecule has 0 spiro atoms. The second-order valence-corrected chi connectivity index (χ2v) is 3.71. The molecule has 2 amide bonds. The molecule has 2 saturated heterocycles. The normalized spacial score (nSPS) is 31.7. The van der Waals surface area contributed by atoms with E-state index in [9.17, 15) is 9.18 Å². The first-order chi connectivity index (χ1) is 7.27. The summed E-state index contributed by atoms with van der Waals surface area (Å²) >= 11 is 0. The number of morpholine rings is 1. The molecule has 0 radical (unpaired) electrons. The minimum absolute atomic E-state index is 0.0774. The van der Waals surface area contributed by atoms with Crippen molar-refractivity contribution in [2.75, 3.05) is 39.5 Å². The standard InChI is InChI=1S/C9H15FN2O3/c10-7-5-15-6-8(7)11-9(13)12-1-3-14-4-2-12/h7-8H,1-6H2,(H,11,13). The number of rotatable bonds is 1. The summed E-state index contributed by atoms with van der Waals surface area (Å²) in [6.07, 6.45) is -1.09. The number of carbonyl (C=O) groups is 1. The fourth-order valence-electron chi connectivity index (χ4n) is 1.68. The van der Waals surface area contributed by atoms with Gasteiger partial charge in [0.2, 0.25) is 0 Å². The first kappa shape index (κ1) is 10.6. The van der Waals surface area contributed by atoms with Gasteiger partial charge in [0.05, 0.1) is 32.5 Å². The van der Waals surface area contributed by atoms with Crippen LogP contribution in [0.2, 0.25) is 0 Å². The second kappa shape index (κ2) is 4.76. The predicted octanol–water partition coefficient (Wildman–Crippen LogP) is -0.235. The van der Waals surface area contributed by atoms with Crippen molar-refractivity contribution < 1.29 is 18.7 Å². The van der Waals surface area contributed by atoms with E-state index in [1.807, 2.05) is 0 Å². The van der Waals surface area contributed by atoms with E-state index in [0.29, 0.717) is 26.3 Å². The molecule has 2 atom stereocenters. The molecule has 2 rings (SSSR count). The molecule has 2 heterocycles. The molecule has 2 aliphatic rings. The first-order valence-electron chi connectivity index (χ1n) is 5.12. The molecule has 1 N–H and O–H groups in total. The van der Waals surface area contributed by atoms with E-state index in [1.54, 1.807) is 4.90 Å². The zero-order valence-corrected chi connectivity index (χ0v) is 8.45. The molecule has 0 saturated carbocycles. The topological polar surface area (TPSA) is 50.8 Å². The summed E-state index contributed by atoms with van der Waals surface area (Å²) in [6, 6.07) is -0.725. The van der Waals surface area contributed by atoms with Crippen LogP contribution in [0, 0.1) is 0 Å². The summed E-state index contributed by atoms with van der Waals surface area (Å²) in [6.45, 7) is 2.57. The third-order valence-electron chi connectivity index (χ3n) is 2.62. The molecular weight excluding hydrogens is 203 g/mol. The molecule has 0 aromatic rings. The van der Waals surface area contributed by atoms with Gasteiger partial charge in [0, 0.05) is 13.1 Å². The van der Waals surface area contributed by atoms with Gasteiger partial charge in [0.15, 0.2) is 0 Å². The van der Waals surface area contributed by atoms with Crippen LogP contribution in [0.4, 0.5) is 9.18 Å². The summed E-state index contributed by atoms with van der Waals surface area (Å²) in [7, 11) is 0. The number of urea groups is 1. The highest BCUT2D eigenvalue weighted by Crippen LogP contribution is 2.10. The van der Waals surface area contributed by atoms with Gasteiger partial charge in [-0.3, -0.25) is 0 Å². The zero-order valence-electron chi connectivity index (χ0n) is 8.45. The lowest BCUT2D eigenvalue weighted by Gasteiger charge is -2.28. The van der Waals surface area contributed by atoms with Crippen molar-refractivity contribution in [3.63, 3.8) is 0 Å². The van der Waals surface area contributed by atoms with Gasteiger partial charge >= 0.3 is 6.03 Å². The van der Waals surface area contributed by atoms with Crippen LogP contribution in [-0.2, 0) is 9.47 Å². The largest absolute Gasteiger partial charge is 0.378 e. The highest BCUT2D eigenvalue weighted by atomic mass is 19.1. The van der Waals surface area contributed by atoms with Gasteiger partial charge in [0.1, 0.15) is 6.17 Å². The van der Waals surface area contributed by atoms with Crippen LogP contribution in [0.5, 0.6) is 0 Å². The molecule has 86 valence electrons. The van der Waals surface area contributed by atoms with E-state index >= 15 is 0 Å². The molecule has 2 unspecified atom stereocenters. The highest BCUT2D eigenvalue weighted by molar-refractivity contribution is 5.74. The Kier molecular flexibility index (Phi) is 3.37. The van der Waals surface area contributed by atoms with Crippen LogP contribution in [-0.4, -0.2) is 62.7 Å². The van der Waals surface area contributed by atoms with Crippen molar-refractivity contribution >= 4 is 6.03 Å². The molecule has 2 aliphatic heterocycles. The van der Waals surface area contributed by atoms with Gasteiger partial charge in [-0.15, -0.1) is 0 Å². The van der Waals surface area contributed by atoms with Gasteiger partial charge in [-0.2, -0.15) is 0 Å². The van der Waals surface area contributed by atoms with E-state index in [0.717, 1.165) is 0 Å². The maximum absolute atomic E-state index is 13.1. The molecule has 0 aromatic carbocycles. The summed E-state index contributed by atoms with van der Waals surface area (Å²) in [5, 5.41) is 2.63. The molecule has 6 heteroatoms. The van der Waals surface area contributed by atoms with Gasteiger partial charge in [-0.25, -0.2) is 9.18 Å². The van der Waals surface area contributed by atoms with Crippen molar-refractivity contribution in [1.29, 1.82) is 0 Å². The summed E-state index contributed by atoms with van der Waals surface area (Å²) in [5.74, 6) is 0.